The number of aliphatic hydroxyl groups excluding tert-OH is 1. The van der Waals surface area contributed by atoms with E-state index in [4.69, 9.17) is 0 Å². The van der Waals surface area contributed by atoms with Crippen molar-refractivity contribution in [2.45, 2.75) is 147 Å². The summed E-state index contributed by atoms with van der Waals surface area (Å²) in [7, 11) is 0. The van der Waals surface area contributed by atoms with Gasteiger partial charge in [-0.15, -0.1) is 0 Å². The normalized spacial score (nSPS) is 51.8. The van der Waals surface area contributed by atoms with Gasteiger partial charge in [-0.05, 0) is 126 Å². The first-order valence-corrected chi connectivity index (χ1v) is 18.0. The average Bonchev–Trinajstić information content (AvgIpc) is 2.88. The fourth-order valence-corrected chi connectivity index (χ4v) is 13.2. The van der Waals surface area contributed by atoms with Crippen LogP contribution < -0.4 is 0 Å². The van der Waals surface area contributed by atoms with Gasteiger partial charge in [0.2, 0.25) is 0 Å². The van der Waals surface area contributed by atoms with Crippen molar-refractivity contribution in [3.8, 4) is 0 Å². The highest BCUT2D eigenvalue weighted by Gasteiger charge is 2.71. The van der Waals surface area contributed by atoms with Crippen molar-refractivity contribution in [1.29, 1.82) is 0 Å². The first-order valence-electron chi connectivity index (χ1n) is 18.0. The third kappa shape index (κ3) is 4.45. The molecule has 0 aliphatic heterocycles. The van der Waals surface area contributed by atoms with Crippen molar-refractivity contribution in [1.82, 2.24) is 0 Å². The molecule has 0 saturated heterocycles. The van der Waals surface area contributed by atoms with Gasteiger partial charge < -0.3 is 5.11 Å². The van der Waals surface area contributed by atoms with E-state index in [9.17, 15) is 5.11 Å². The molecule has 0 bridgehead atoms. The van der Waals surface area contributed by atoms with E-state index >= 15 is 0 Å². The van der Waals surface area contributed by atoms with Crippen LogP contribution >= 0.6 is 0 Å². The quantitative estimate of drug-likeness (QED) is 0.331. The predicted octanol–water partition coefficient (Wildman–Crippen LogP) is 11.1. The maximum atomic E-state index is 12.6. The number of rotatable bonds is 2. The Labute approximate surface area is 255 Å². The second kappa shape index (κ2) is 10.5. The number of aliphatic hydroxyl groups is 1. The molecule has 0 heterocycles. The van der Waals surface area contributed by atoms with Crippen molar-refractivity contribution in [2.75, 3.05) is 0 Å². The lowest BCUT2D eigenvalue weighted by atomic mass is 9.30. The van der Waals surface area contributed by atoms with Gasteiger partial charge in [-0.3, -0.25) is 0 Å². The summed E-state index contributed by atoms with van der Waals surface area (Å²) in [5, 5.41) is 12.6. The Morgan fingerprint density at radius 2 is 1.51 bits per heavy atom. The third-order valence-corrected chi connectivity index (χ3v) is 15.9. The number of fused-ring (bicyclic) bond motifs is 3. The topological polar surface area (TPSA) is 20.2 Å². The maximum Gasteiger partial charge on any atom is 0.0615 e. The minimum Gasteiger partial charge on any atom is -0.392 e. The molecule has 1 nitrogen and oxygen atoms in total. The van der Waals surface area contributed by atoms with E-state index in [1.165, 1.54) is 51.4 Å². The Hall–Kier alpha value is -0.560. The van der Waals surface area contributed by atoms with E-state index in [-0.39, 0.29) is 22.3 Å². The van der Waals surface area contributed by atoms with Crippen LogP contribution in [-0.4, -0.2) is 11.2 Å². The fourth-order valence-electron chi connectivity index (χ4n) is 13.2. The van der Waals surface area contributed by atoms with Gasteiger partial charge in [-0.2, -0.15) is 0 Å². The van der Waals surface area contributed by atoms with Crippen LogP contribution in [0.2, 0.25) is 0 Å². The molecule has 0 radical (unpaired) electrons. The molecule has 0 aromatic carbocycles. The first kappa shape index (κ1) is 31.9. The van der Waals surface area contributed by atoms with E-state index in [1.807, 2.05) is 5.57 Å². The van der Waals surface area contributed by atoms with Crippen LogP contribution in [0.3, 0.4) is 0 Å². The molecule has 4 fully saturated rings. The zero-order valence-electron chi connectivity index (χ0n) is 29.5. The second-order valence-electron chi connectivity index (χ2n) is 18.5. The molecule has 0 amide bonds. The largest absolute Gasteiger partial charge is 0.392 e. The van der Waals surface area contributed by atoms with E-state index in [2.05, 4.69) is 96.1 Å². The molecular weight excluding hydrogens is 496 g/mol. The van der Waals surface area contributed by atoms with Gasteiger partial charge in [0.05, 0.1) is 6.10 Å². The smallest absolute Gasteiger partial charge is 0.0615 e. The SMILES string of the molecule is CC1=C(C(C)C)C(C)C2(C)C(C)C3C(O)C4C(C)CCCC4C(=CC4CCC(C(C)(C)C)CC4)C3(C)C(C)C2(C)C1. The van der Waals surface area contributed by atoms with E-state index in [0.717, 1.165) is 11.8 Å². The van der Waals surface area contributed by atoms with Crippen LogP contribution in [0.15, 0.2) is 22.8 Å². The van der Waals surface area contributed by atoms with Crippen LogP contribution in [0.25, 0.3) is 0 Å². The van der Waals surface area contributed by atoms with Gasteiger partial charge in [-0.25, -0.2) is 0 Å². The Bertz CT molecular complexity index is 1050. The lowest BCUT2D eigenvalue weighted by Crippen LogP contribution is -2.70. The van der Waals surface area contributed by atoms with Gasteiger partial charge in [-0.1, -0.05) is 119 Å². The Morgan fingerprint density at radius 1 is 0.902 bits per heavy atom. The zero-order valence-corrected chi connectivity index (χ0v) is 29.5. The summed E-state index contributed by atoms with van der Waals surface area (Å²) in [6.07, 6.45) is 13.3. The van der Waals surface area contributed by atoms with E-state index in [1.54, 1.807) is 11.1 Å². The van der Waals surface area contributed by atoms with E-state index < -0.39 is 0 Å². The van der Waals surface area contributed by atoms with Crippen LogP contribution in [-0.2, 0) is 0 Å². The monoisotopic (exact) mass is 565 g/mol. The summed E-state index contributed by atoms with van der Waals surface area (Å²) in [5.41, 5.74) is 6.08. The molecule has 41 heavy (non-hydrogen) atoms. The molecule has 0 aromatic heterocycles. The molecule has 0 spiro atoms. The Kier molecular flexibility index (Phi) is 8.17. The number of hydrogen-bond donors (Lipinski definition) is 1. The predicted molar refractivity (Wildman–Crippen MR) is 176 cm³/mol. The highest BCUT2D eigenvalue weighted by Crippen LogP contribution is 2.76. The first-order chi connectivity index (χ1) is 18.9. The summed E-state index contributed by atoms with van der Waals surface area (Å²) in [4.78, 5) is 0. The Balaban J connectivity index is 1.65. The average molecular weight is 565 g/mol. The van der Waals surface area contributed by atoms with Crippen molar-refractivity contribution in [3.05, 3.63) is 22.8 Å². The fraction of sp³-hybridized carbons (Fsp3) is 0.900. The standard InChI is InChI=1S/C40H68O/c1-23(2)33-25(4)22-38(11)28(7)39(12)32(21-29-17-19-30(20-18-29)37(8,9)10)31-16-14-15-24(3)34(31)36(41)35(39)27(6)40(38,13)26(33)5/h21,23-24,26-31,34-36,41H,14-20,22H2,1-13H3. The summed E-state index contributed by atoms with van der Waals surface area (Å²) >= 11 is 0. The molecule has 234 valence electrons. The van der Waals surface area contributed by atoms with Gasteiger partial charge in [0.1, 0.15) is 0 Å². The minimum atomic E-state index is -0.186. The third-order valence-electron chi connectivity index (χ3n) is 15.9. The van der Waals surface area contributed by atoms with Gasteiger partial charge >= 0.3 is 0 Å². The summed E-state index contributed by atoms with van der Waals surface area (Å²) in [6, 6.07) is 0. The van der Waals surface area contributed by atoms with E-state index in [0.29, 0.717) is 52.8 Å². The van der Waals surface area contributed by atoms with Gasteiger partial charge in [0.15, 0.2) is 0 Å². The van der Waals surface area contributed by atoms with Gasteiger partial charge in [0, 0.05) is 0 Å². The molecule has 4 saturated carbocycles. The zero-order chi connectivity index (χ0) is 30.4. The molecule has 1 N–H and O–H groups in total. The molecule has 5 aliphatic carbocycles. The van der Waals surface area contributed by atoms with Crippen molar-refractivity contribution < 1.29 is 5.11 Å². The highest BCUT2D eigenvalue weighted by atomic mass is 16.3. The lowest BCUT2D eigenvalue weighted by Gasteiger charge is -2.74. The molecule has 5 rings (SSSR count). The number of hydrogen-bond acceptors (Lipinski definition) is 1. The van der Waals surface area contributed by atoms with Crippen LogP contribution in [0.5, 0.6) is 0 Å². The maximum absolute atomic E-state index is 12.6. The van der Waals surface area contributed by atoms with Gasteiger partial charge in [0.25, 0.3) is 0 Å². The molecule has 0 aromatic rings. The molecule has 1 heteroatoms. The lowest BCUT2D eigenvalue weighted by molar-refractivity contribution is -0.238. The number of allylic oxidation sites excluding steroid dienone is 4. The molecule has 5 aliphatic rings. The van der Waals surface area contributed by atoms with Crippen molar-refractivity contribution in [2.24, 2.45) is 80.8 Å². The summed E-state index contributed by atoms with van der Waals surface area (Å²) in [5.74, 6) is 5.71. The van der Waals surface area contributed by atoms with Crippen molar-refractivity contribution in [3.63, 3.8) is 0 Å². The minimum absolute atomic E-state index is 0.0571. The van der Waals surface area contributed by atoms with Crippen LogP contribution in [0.1, 0.15) is 141 Å². The second-order valence-corrected chi connectivity index (χ2v) is 18.5. The Morgan fingerprint density at radius 3 is 2.07 bits per heavy atom. The molecule has 11 unspecified atom stereocenters. The summed E-state index contributed by atoms with van der Waals surface area (Å²) in [6.45, 7) is 32.9. The summed E-state index contributed by atoms with van der Waals surface area (Å²) < 4.78 is 0. The van der Waals surface area contributed by atoms with Crippen molar-refractivity contribution >= 4 is 0 Å². The molecule has 11 atom stereocenters. The van der Waals surface area contributed by atoms with Crippen LogP contribution in [0.4, 0.5) is 0 Å². The van der Waals surface area contributed by atoms with Crippen LogP contribution in [0, 0.1) is 80.8 Å². The molecular formula is C40H68O. The highest BCUT2D eigenvalue weighted by molar-refractivity contribution is 5.37.